The van der Waals surface area contributed by atoms with Crippen LogP contribution in [0.4, 0.5) is 0 Å². The molecule has 4 N–H and O–H groups in total. The largest absolute Gasteiger partial charge is 0.490 e. The van der Waals surface area contributed by atoms with Crippen LogP contribution in [-0.2, 0) is 22.6 Å². The van der Waals surface area contributed by atoms with E-state index in [9.17, 15) is 25.2 Å². The number of ether oxygens (including phenoxy) is 1. The van der Waals surface area contributed by atoms with E-state index in [1.807, 2.05) is 84.9 Å². The molecule has 6 nitrogen and oxygen atoms in total. The molecule has 0 aromatic heterocycles. The van der Waals surface area contributed by atoms with Crippen LogP contribution >= 0.6 is 0 Å². The number of hydrogen-bond donors (Lipinski definition) is 4. The van der Waals surface area contributed by atoms with E-state index in [-0.39, 0.29) is 24.4 Å². The van der Waals surface area contributed by atoms with Crippen LogP contribution in [0.1, 0.15) is 17.5 Å². The Morgan fingerprint density at radius 2 is 1.37 bits per heavy atom. The zero-order chi connectivity index (χ0) is 24.6. The molecular weight excluding hydrogens is 444 g/mol. The molecule has 0 spiro atoms. The maximum absolute atomic E-state index is 12.2. The van der Waals surface area contributed by atoms with Crippen molar-refractivity contribution in [2.75, 3.05) is 0 Å². The molecule has 5 rings (SSSR count). The van der Waals surface area contributed by atoms with Crippen LogP contribution in [0.5, 0.6) is 0 Å². The summed E-state index contributed by atoms with van der Waals surface area (Å²) in [5, 5.41) is 46.4. The highest BCUT2D eigenvalue weighted by atomic mass is 16.5. The third kappa shape index (κ3) is 4.39. The summed E-state index contributed by atoms with van der Waals surface area (Å²) in [6, 6.07) is 27.1. The molecule has 6 heteroatoms. The Bertz CT molecular complexity index is 1440. The van der Waals surface area contributed by atoms with E-state index in [4.69, 9.17) is 4.74 Å². The number of carboxylic acid groups (broad SMARTS) is 1. The van der Waals surface area contributed by atoms with Gasteiger partial charge in [0.25, 0.3) is 0 Å². The third-order valence-corrected chi connectivity index (χ3v) is 6.69. The summed E-state index contributed by atoms with van der Waals surface area (Å²) < 4.78 is 5.96. The summed E-state index contributed by atoms with van der Waals surface area (Å²) in [5.74, 6) is -1.60. The average molecular weight is 471 g/mol. The van der Waals surface area contributed by atoms with Crippen molar-refractivity contribution in [3.05, 3.63) is 107 Å². The Labute approximate surface area is 202 Å². The van der Waals surface area contributed by atoms with Crippen molar-refractivity contribution < 1.29 is 30.0 Å². The smallest absolute Gasteiger partial charge is 0.340 e. The maximum atomic E-state index is 12.2. The number of benzene rings is 4. The van der Waals surface area contributed by atoms with Crippen molar-refractivity contribution >= 4 is 27.5 Å². The third-order valence-electron chi connectivity index (χ3n) is 6.69. The Morgan fingerprint density at radius 1 is 0.829 bits per heavy atom. The quantitative estimate of drug-likeness (QED) is 0.340. The van der Waals surface area contributed by atoms with E-state index in [2.05, 4.69) is 0 Å². The molecule has 35 heavy (non-hydrogen) atoms. The minimum Gasteiger partial charge on any atom is -0.490 e. The van der Waals surface area contributed by atoms with Crippen molar-refractivity contribution in [3.8, 4) is 0 Å². The van der Waals surface area contributed by atoms with Gasteiger partial charge in [0, 0.05) is 18.4 Å². The summed E-state index contributed by atoms with van der Waals surface area (Å²) in [6.07, 6.45) is -3.42. The molecule has 1 aliphatic rings. The topological polar surface area (TPSA) is 107 Å². The molecule has 1 aliphatic carbocycles. The van der Waals surface area contributed by atoms with Crippen molar-refractivity contribution in [2.24, 2.45) is 0 Å². The number of fused-ring (bicyclic) bond motifs is 2. The zero-order valence-corrected chi connectivity index (χ0v) is 19.0. The van der Waals surface area contributed by atoms with Crippen molar-refractivity contribution in [3.63, 3.8) is 0 Å². The fraction of sp³-hybridized carbons (Fsp3) is 0.207. The fourth-order valence-corrected chi connectivity index (χ4v) is 4.76. The SMILES string of the molecule is O=C(O)[C@@]1(O)C[C@@H](O)[C@H](O)C(OCc2ccc3ccccc3c2)=C1Cc1ccc2ccccc2c1. The van der Waals surface area contributed by atoms with Crippen LogP contribution in [0.2, 0.25) is 0 Å². The van der Waals surface area contributed by atoms with Crippen LogP contribution in [0, 0.1) is 0 Å². The Morgan fingerprint density at radius 3 is 1.97 bits per heavy atom. The summed E-state index contributed by atoms with van der Waals surface area (Å²) in [6.45, 7) is 0.0425. The lowest BCUT2D eigenvalue weighted by atomic mass is 9.76. The van der Waals surface area contributed by atoms with Gasteiger partial charge in [-0.15, -0.1) is 0 Å². The van der Waals surface area contributed by atoms with Gasteiger partial charge in [0.05, 0.1) is 6.10 Å². The highest BCUT2D eigenvalue weighted by Gasteiger charge is 2.50. The van der Waals surface area contributed by atoms with Crippen LogP contribution in [0.3, 0.4) is 0 Å². The van der Waals surface area contributed by atoms with Gasteiger partial charge in [-0.05, 0) is 38.7 Å². The second-order valence-electron chi connectivity index (χ2n) is 9.05. The van der Waals surface area contributed by atoms with E-state index in [1.54, 1.807) is 0 Å². The first-order valence-electron chi connectivity index (χ1n) is 11.5. The lowest BCUT2D eigenvalue weighted by Crippen LogP contribution is -2.52. The normalized spacial score (nSPS) is 22.5. The molecule has 0 saturated carbocycles. The second kappa shape index (κ2) is 9.15. The van der Waals surface area contributed by atoms with Gasteiger partial charge in [-0.25, -0.2) is 4.79 Å². The Hall–Kier alpha value is -3.71. The molecule has 0 bridgehead atoms. The Balaban J connectivity index is 1.53. The van der Waals surface area contributed by atoms with Crippen molar-refractivity contribution in [1.82, 2.24) is 0 Å². The number of aliphatic hydroxyl groups excluding tert-OH is 2. The van der Waals surface area contributed by atoms with Gasteiger partial charge in [-0.1, -0.05) is 78.9 Å². The summed E-state index contributed by atoms with van der Waals surface area (Å²) in [4.78, 5) is 12.2. The number of aliphatic carboxylic acids is 1. The van der Waals surface area contributed by atoms with Crippen molar-refractivity contribution in [1.29, 1.82) is 0 Å². The van der Waals surface area contributed by atoms with Crippen LogP contribution < -0.4 is 0 Å². The first-order chi connectivity index (χ1) is 16.8. The summed E-state index contributed by atoms with van der Waals surface area (Å²) >= 11 is 0. The first-order valence-corrected chi connectivity index (χ1v) is 11.5. The van der Waals surface area contributed by atoms with E-state index >= 15 is 0 Å². The lowest BCUT2D eigenvalue weighted by Gasteiger charge is -2.38. The molecular formula is C29H26O6. The predicted molar refractivity (Wildman–Crippen MR) is 133 cm³/mol. The predicted octanol–water partition coefficient (Wildman–Crippen LogP) is 3.95. The number of hydrogen-bond acceptors (Lipinski definition) is 5. The minimum absolute atomic E-state index is 0.0406. The van der Waals surface area contributed by atoms with E-state index in [0.29, 0.717) is 0 Å². The van der Waals surface area contributed by atoms with Gasteiger partial charge in [0.15, 0.2) is 5.60 Å². The standard InChI is InChI=1S/C29H26O6/c30-25-16-29(34,28(32)33)24(15-18-9-11-20-5-1-3-7-22(20)13-18)27(26(25)31)35-17-19-10-12-21-6-2-4-8-23(21)14-19/h1-14,25-26,30-31,34H,15-17H2,(H,32,33)/t25-,26+,29-/m1/s1. The van der Waals surface area contributed by atoms with E-state index in [0.717, 1.165) is 32.7 Å². The van der Waals surface area contributed by atoms with Gasteiger partial charge >= 0.3 is 5.97 Å². The second-order valence-corrected chi connectivity index (χ2v) is 9.05. The Kier molecular flexibility index (Phi) is 6.03. The molecule has 0 saturated heterocycles. The first kappa shape index (κ1) is 23.1. The van der Waals surface area contributed by atoms with Gasteiger partial charge in [-0.2, -0.15) is 0 Å². The number of carboxylic acids is 1. The number of carbonyl (C=O) groups is 1. The zero-order valence-electron chi connectivity index (χ0n) is 19.0. The molecule has 4 aromatic rings. The lowest BCUT2D eigenvalue weighted by molar-refractivity contribution is -0.162. The van der Waals surface area contributed by atoms with Gasteiger partial charge in [0.2, 0.25) is 0 Å². The van der Waals surface area contributed by atoms with E-state index in [1.165, 1.54) is 0 Å². The van der Waals surface area contributed by atoms with Crippen LogP contribution in [-0.4, -0.2) is 44.2 Å². The molecule has 0 amide bonds. The molecule has 178 valence electrons. The average Bonchev–Trinajstić information content (AvgIpc) is 2.86. The molecule has 0 radical (unpaired) electrons. The monoisotopic (exact) mass is 470 g/mol. The van der Waals surface area contributed by atoms with E-state index < -0.39 is 30.2 Å². The van der Waals surface area contributed by atoms with Gasteiger partial charge in [0.1, 0.15) is 18.5 Å². The maximum Gasteiger partial charge on any atom is 0.340 e. The van der Waals surface area contributed by atoms with Crippen LogP contribution in [0.25, 0.3) is 21.5 Å². The minimum atomic E-state index is -2.37. The fourth-order valence-electron chi connectivity index (χ4n) is 4.76. The number of aliphatic hydroxyl groups is 3. The highest BCUT2D eigenvalue weighted by Crippen LogP contribution is 2.38. The summed E-state index contributed by atoms with van der Waals surface area (Å²) in [7, 11) is 0. The molecule has 0 unspecified atom stereocenters. The molecule has 0 fully saturated rings. The molecule has 4 aromatic carbocycles. The molecule has 0 aliphatic heterocycles. The highest BCUT2D eigenvalue weighted by molar-refractivity contribution is 5.85. The van der Waals surface area contributed by atoms with Crippen LogP contribution in [0.15, 0.2) is 96.3 Å². The summed E-state index contributed by atoms with van der Waals surface area (Å²) in [5.41, 5.74) is -0.761. The molecule has 0 heterocycles. The van der Waals surface area contributed by atoms with Gasteiger partial charge in [-0.3, -0.25) is 0 Å². The van der Waals surface area contributed by atoms with Gasteiger partial charge < -0.3 is 25.2 Å². The molecule has 3 atom stereocenters. The van der Waals surface area contributed by atoms with Crippen molar-refractivity contribution in [2.45, 2.75) is 37.3 Å². The number of rotatable bonds is 6.